The van der Waals surface area contributed by atoms with Gasteiger partial charge in [0.25, 0.3) is 0 Å². The topological polar surface area (TPSA) is 0 Å². The molecule has 0 fully saturated rings. The van der Waals surface area contributed by atoms with Crippen molar-refractivity contribution in [2.75, 3.05) is 21.1 Å². The summed E-state index contributed by atoms with van der Waals surface area (Å²) in [6, 6.07) is 0. The van der Waals surface area contributed by atoms with Crippen LogP contribution in [0.3, 0.4) is 0 Å². The van der Waals surface area contributed by atoms with Gasteiger partial charge in [-0.1, -0.05) is 0 Å². The van der Waals surface area contributed by atoms with Crippen LogP contribution in [0.4, 0.5) is 0 Å². The Kier molecular flexibility index (Phi) is 2.23. The molecule has 0 saturated carbocycles. The van der Waals surface area contributed by atoms with Gasteiger partial charge < -0.3 is 4.48 Å². The summed E-state index contributed by atoms with van der Waals surface area (Å²) in [4.78, 5) is 0. The molecule has 0 spiro atoms. The van der Waals surface area contributed by atoms with Gasteiger partial charge in [-0.25, -0.2) is 0 Å². The van der Waals surface area contributed by atoms with E-state index in [1.165, 1.54) is 0 Å². The SMILES string of the molecule is [CH2]CC(=C)[N+](C)(C)C. The molecule has 1 nitrogen and oxygen atoms in total. The van der Waals surface area contributed by atoms with Crippen LogP contribution in [0.25, 0.3) is 0 Å². The van der Waals surface area contributed by atoms with Crippen molar-refractivity contribution < 1.29 is 4.48 Å². The van der Waals surface area contributed by atoms with E-state index in [1.807, 2.05) is 0 Å². The minimum absolute atomic E-state index is 0.823. The van der Waals surface area contributed by atoms with Gasteiger partial charge in [0.05, 0.1) is 21.1 Å². The van der Waals surface area contributed by atoms with Crippen LogP contribution in [0.1, 0.15) is 6.42 Å². The lowest BCUT2D eigenvalue weighted by Gasteiger charge is -2.24. The molecule has 0 atom stereocenters. The molecule has 0 aliphatic heterocycles. The highest BCUT2D eigenvalue weighted by molar-refractivity contribution is 4.82. The molecule has 47 valence electrons. The number of rotatable bonds is 2. The summed E-state index contributed by atoms with van der Waals surface area (Å²) in [6.07, 6.45) is 0.823. The van der Waals surface area contributed by atoms with Crippen molar-refractivity contribution in [3.8, 4) is 0 Å². The van der Waals surface area contributed by atoms with E-state index in [4.69, 9.17) is 0 Å². The third-order valence-corrected chi connectivity index (χ3v) is 1.24. The molecule has 0 saturated heterocycles. The quantitative estimate of drug-likeness (QED) is 0.475. The van der Waals surface area contributed by atoms with E-state index in [0.29, 0.717) is 0 Å². The zero-order chi connectivity index (χ0) is 6.78. The van der Waals surface area contributed by atoms with Gasteiger partial charge in [-0.05, 0) is 13.5 Å². The molecule has 0 aliphatic carbocycles. The van der Waals surface area contributed by atoms with Crippen LogP contribution in [0, 0.1) is 6.92 Å². The molecule has 0 heterocycles. The van der Waals surface area contributed by atoms with E-state index in [1.54, 1.807) is 0 Å². The Morgan fingerprint density at radius 3 is 1.75 bits per heavy atom. The maximum absolute atomic E-state index is 3.85. The Balaban J connectivity index is 3.82. The first-order chi connectivity index (χ1) is 3.48. The second kappa shape index (κ2) is 2.31. The molecule has 0 bridgehead atoms. The van der Waals surface area contributed by atoms with Gasteiger partial charge in [-0.2, -0.15) is 0 Å². The number of hydrogen-bond donors (Lipinski definition) is 0. The maximum atomic E-state index is 3.85. The standard InChI is InChI=1S/C7H15N/c1-6-7(2)8(3,4)5/h1-2,6H2,3-5H3/q+1. The molecule has 0 amide bonds. The van der Waals surface area contributed by atoms with Crippen LogP contribution in [0.2, 0.25) is 0 Å². The Hall–Kier alpha value is -0.300. The summed E-state index contributed by atoms with van der Waals surface area (Å²) in [7, 11) is 6.27. The fourth-order valence-electron chi connectivity index (χ4n) is 0.335. The Morgan fingerprint density at radius 2 is 1.75 bits per heavy atom. The molecule has 0 aliphatic rings. The van der Waals surface area contributed by atoms with E-state index < -0.39 is 0 Å². The first-order valence-corrected chi connectivity index (χ1v) is 2.77. The summed E-state index contributed by atoms with van der Waals surface area (Å²) in [5, 5.41) is 0. The zero-order valence-electron chi connectivity index (χ0n) is 6.07. The van der Waals surface area contributed by atoms with Crippen molar-refractivity contribution in [3.05, 3.63) is 19.2 Å². The minimum atomic E-state index is 0.823. The lowest BCUT2D eigenvalue weighted by molar-refractivity contribution is -0.832. The molecule has 0 N–H and O–H groups in total. The normalized spacial score (nSPS) is 11.5. The summed E-state index contributed by atoms with van der Waals surface area (Å²) in [5.74, 6) is 0. The van der Waals surface area contributed by atoms with E-state index in [-0.39, 0.29) is 0 Å². The van der Waals surface area contributed by atoms with E-state index >= 15 is 0 Å². The van der Waals surface area contributed by atoms with Gasteiger partial charge in [0.15, 0.2) is 0 Å². The van der Waals surface area contributed by atoms with Crippen LogP contribution in [-0.2, 0) is 0 Å². The Morgan fingerprint density at radius 1 is 1.38 bits per heavy atom. The van der Waals surface area contributed by atoms with Gasteiger partial charge in [0.2, 0.25) is 0 Å². The third-order valence-electron chi connectivity index (χ3n) is 1.24. The highest BCUT2D eigenvalue weighted by atomic mass is 15.3. The maximum Gasteiger partial charge on any atom is 0.101 e. The van der Waals surface area contributed by atoms with Crippen LogP contribution < -0.4 is 0 Å². The van der Waals surface area contributed by atoms with Crippen molar-refractivity contribution in [2.45, 2.75) is 6.42 Å². The van der Waals surface area contributed by atoms with Crippen LogP contribution in [0.15, 0.2) is 12.3 Å². The van der Waals surface area contributed by atoms with Gasteiger partial charge in [0, 0.05) is 6.42 Å². The van der Waals surface area contributed by atoms with E-state index in [2.05, 4.69) is 34.6 Å². The van der Waals surface area contributed by atoms with Gasteiger partial charge in [-0.3, -0.25) is 0 Å². The van der Waals surface area contributed by atoms with Gasteiger partial charge in [0.1, 0.15) is 5.70 Å². The van der Waals surface area contributed by atoms with Crippen LogP contribution in [-0.4, -0.2) is 25.6 Å². The molecule has 1 radical (unpaired) electrons. The highest BCUT2D eigenvalue weighted by Crippen LogP contribution is 2.06. The van der Waals surface area contributed by atoms with Gasteiger partial charge >= 0.3 is 0 Å². The van der Waals surface area contributed by atoms with Crippen LogP contribution >= 0.6 is 0 Å². The largest absolute Gasteiger partial charge is 0.302 e. The summed E-state index contributed by atoms with van der Waals surface area (Å²) in [5.41, 5.74) is 1.16. The second-order valence-electron chi connectivity index (χ2n) is 2.83. The fraction of sp³-hybridized carbons (Fsp3) is 0.571. The van der Waals surface area contributed by atoms with Crippen molar-refractivity contribution in [1.82, 2.24) is 0 Å². The first kappa shape index (κ1) is 7.70. The number of hydrogen-bond acceptors (Lipinski definition) is 0. The van der Waals surface area contributed by atoms with Crippen molar-refractivity contribution >= 4 is 0 Å². The van der Waals surface area contributed by atoms with E-state index in [9.17, 15) is 0 Å². The molecule has 0 unspecified atom stereocenters. The lowest BCUT2D eigenvalue weighted by Crippen LogP contribution is -2.32. The summed E-state index contributed by atoms with van der Waals surface area (Å²) in [6.45, 7) is 7.59. The molecule has 0 aromatic rings. The monoisotopic (exact) mass is 113 g/mol. The van der Waals surface area contributed by atoms with Crippen molar-refractivity contribution in [1.29, 1.82) is 0 Å². The summed E-state index contributed by atoms with van der Waals surface area (Å²) >= 11 is 0. The van der Waals surface area contributed by atoms with Crippen LogP contribution in [0.5, 0.6) is 0 Å². The molecule has 0 rings (SSSR count). The van der Waals surface area contributed by atoms with Crippen molar-refractivity contribution in [3.63, 3.8) is 0 Å². The average molecular weight is 113 g/mol. The number of nitrogens with zero attached hydrogens (tertiary/aromatic N) is 1. The first-order valence-electron chi connectivity index (χ1n) is 2.77. The molecule has 1 heteroatoms. The summed E-state index contributed by atoms with van der Waals surface area (Å²) < 4.78 is 0.823. The van der Waals surface area contributed by atoms with Gasteiger partial charge in [-0.15, -0.1) is 0 Å². The molecule has 0 aromatic carbocycles. The third kappa shape index (κ3) is 2.12. The second-order valence-corrected chi connectivity index (χ2v) is 2.83. The highest BCUT2D eigenvalue weighted by Gasteiger charge is 2.09. The number of quaternary nitrogens is 1. The lowest BCUT2D eigenvalue weighted by atomic mass is 10.3. The fourth-order valence-corrected chi connectivity index (χ4v) is 0.335. The minimum Gasteiger partial charge on any atom is -0.302 e. The zero-order valence-corrected chi connectivity index (χ0v) is 6.07. The van der Waals surface area contributed by atoms with E-state index in [0.717, 1.165) is 16.6 Å². The smallest absolute Gasteiger partial charge is 0.101 e. The Bertz CT molecular complexity index is 87.1. The molecular weight excluding hydrogens is 98.1 g/mol. The van der Waals surface area contributed by atoms with Crippen molar-refractivity contribution in [2.24, 2.45) is 0 Å². The predicted molar refractivity (Wildman–Crippen MR) is 37.1 cm³/mol. The Labute approximate surface area is 52.2 Å². The average Bonchev–Trinajstić information content (AvgIpc) is 1.62. The molecular formula is C7H15N+. The number of allylic oxidation sites excluding steroid dienone is 1. The predicted octanol–water partition coefficient (Wildman–Crippen LogP) is 1.43. The molecule has 8 heavy (non-hydrogen) atoms. The molecule has 0 aromatic heterocycles.